The predicted octanol–water partition coefficient (Wildman–Crippen LogP) is 3.13. The molecular weight excluding hydrogens is 302 g/mol. The number of hydrogen-bond acceptors (Lipinski definition) is 4. The van der Waals surface area contributed by atoms with Crippen LogP contribution in [-0.2, 0) is 16.1 Å². The van der Waals surface area contributed by atoms with Gasteiger partial charge in [-0.05, 0) is 42.4 Å². The molecule has 2 saturated heterocycles. The number of nitrogens with zero attached hydrogens (tertiary/aromatic N) is 1. The quantitative estimate of drug-likeness (QED) is 0.800. The van der Waals surface area contributed by atoms with E-state index in [0.29, 0.717) is 19.4 Å². The summed E-state index contributed by atoms with van der Waals surface area (Å²) >= 11 is 0. The fourth-order valence-corrected chi connectivity index (χ4v) is 5.12. The molecule has 2 aliphatic heterocycles. The lowest BCUT2D eigenvalue weighted by atomic mass is 9.74. The molecule has 2 bridgehead atoms. The van der Waals surface area contributed by atoms with Gasteiger partial charge in [-0.3, -0.25) is 14.5 Å². The molecule has 3 aliphatic rings. The van der Waals surface area contributed by atoms with Crippen molar-refractivity contribution in [2.45, 2.75) is 63.6 Å². The van der Waals surface area contributed by atoms with E-state index in [2.05, 4.69) is 4.90 Å². The van der Waals surface area contributed by atoms with E-state index < -0.39 is 6.04 Å². The van der Waals surface area contributed by atoms with Crippen molar-refractivity contribution in [1.82, 2.24) is 4.90 Å². The monoisotopic (exact) mass is 327 g/mol. The summed E-state index contributed by atoms with van der Waals surface area (Å²) in [5.41, 5.74) is 1.31. The minimum Gasteiger partial charge on any atom is -0.497 e. The van der Waals surface area contributed by atoms with E-state index in [1.54, 1.807) is 7.11 Å². The standard InChI is InChI=1S/C20H25NO3/c1-24-16-6-4-14(5-7-16)13-21-15-10-17(22)19(21)18(23)12-20(11-15)8-2-3-9-20/h4-7,15,19H,2-3,8-13H2,1H3. The number of Topliss-reactive ketones (excluding diaryl/α,β-unsaturated/α-hetero) is 2. The van der Waals surface area contributed by atoms with Gasteiger partial charge in [0.2, 0.25) is 0 Å². The third kappa shape index (κ3) is 2.67. The van der Waals surface area contributed by atoms with E-state index in [-0.39, 0.29) is 23.0 Å². The van der Waals surface area contributed by atoms with Gasteiger partial charge in [0.05, 0.1) is 7.11 Å². The smallest absolute Gasteiger partial charge is 0.159 e. The average Bonchev–Trinajstić information content (AvgIpc) is 3.10. The molecule has 4 heteroatoms. The number of hydrogen-bond donors (Lipinski definition) is 0. The van der Waals surface area contributed by atoms with Crippen LogP contribution in [0.25, 0.3) is 0 Å². The van der Waals surface area contributed by atoms with E-state index in [1.165, 1.54) is 12.8 Å². The molecule has 24 heavy (non-hydrogen) atoms. The summed E-state index contributed by atoms with van der Waals surface area (Å²) < 4.78 is 5.21. The minimum atomic E-state index is -0.503. The second kappa shape index (κ2) is 5.99. The van der Waals surface area contributed by atoms with Gasteiger partial charge in [-0.2, -0.15) is 0 Å². The van der Waals surface area contributed by atoms with E-state index in [4.69, 9.17) is 4.74 Å². The lowest BCUT2D eigenvalue weighted by Crippen LogP contribution is -2.40. The zero-order valence-corrected chi connectivity index (χ0v) is 14.3. The number of methoxy groups -OCH3 is 1. The largest absolute Gasteiger partial charge is 0.497 e. The first kappa shape index (κ1) is 15.8. The first-order valence-corrected chi connectivity index (χ1v) is 9.04. The van der Waals surface area contributed by atoms with Crippen LogP contribution in [0.1, 0.15) is 50.5 Å². The number of carbonyl (C=O) groups is 2. The van der Waals surface area contributed by atoms with Crippen LogP contribution in [0.4, 0.5) is 0 Å². The van der Waals surface area contributed by atoms with Crippen LogP contribution < -0.4 is 4.74 Å². The zero-order chi connectivity index (χ0) is 16.7. The molecule has 0 N–H and O–H groups in total. The number of rotatable bonds is 3. The SMILES string of the molecule is COc1ccc(CN2C3CC(=O)C2C(=O)CC2(CCCC2)C3)cc1. The number of benzene rings is 1. The van der Waals surface area contributed by atoms with Crippen LogP contribution in [0.15, 0.2) is 24.3 Å². The maximum Gasteiger partial charge on any atom is 0.159 e. The molecule has 1 aromatic rings. The molecule has 2 atom stereocenters. The maximum absolute atomic E-state index is 12.9. The van der Waals surface area contributed by atoms with Gasteiger partial charge >= 0.3 is 0 Å². The molecule has 1 aromatic carbocycles. The van der Waals surface area contributed by atoms with Gasteiger partial charge in [-0.15, -0.1) is 0 Å². The van der Waals surface area contributed by atoms with Crippen LogP contribution >= 0.6 is 0 Å². The Hall–Kier alpha value is -1.68. The van der Waals surface area contributed by atoms with Crippen molar-refractivity contribution in [1.29, 1.82) is 0 Å². The molecule has 4 rings (SSSR count). The van der Waals surface area contributed by atoms with E-state index in [0.717, 1.165) is 30.6 Å². The van der Waals surface area contributed by atoms with Gasteiger partial charge < -0.3 is 4.74 Å². The Morgan fingerprint density at radius 2 is 1.83 bits per heavy atom. The summed E-state index contributed by atoms with van der Waals surface area (Å²) in [5, 5.41) is 0. The second-order valence-corrected chi connectivity index (χ2v) is 7.80. The molecule has 0 radical (unpaired) electrons. The molecule has 3 fully saturated rings. The first-order valence-electron chi connectivity index (χ1n) is 9.04. The van der Waals surface area contributed by atoms with Gasteiger partial charge in [0.25, 0.3) is 0 Å². The Bertz CT molecular complexity index is 645. The lowest BCUT2D eigenvalue weighted by molar-refractivity contribution is -0.131. The number of fused-ring (bicyclic) bond motifs is 2. The van der Waals surface area contributed by atoms with Gasteiger partial charge in [0, 0.05) is 25.4 Å². The Morgan fingerprint density at radius 3 is 2.50 bits per heavy atom. The van der Waals surface area contributed by atoms with Gasteiger partial charge in [0.15, 0.2) is 11.6 Å². The molecule has 2 heterocycles. The lowest BCUT2D eigenvalue weighted by Gasteiger charge is -2.31. The highest BCUT2D eigenvalue weighted by atomic mass is 16.5. The Morgan fingerprint density at radius 1 is 1.12 bits per heavy atom. The average molecular weight is 327 g/mol. The predicted molar refractivity (Wildman–Crippen MR) is 90.9 cm³/mol. The van der Waals surface area contributed by atoms with Gasteiger partial charge in [-0.1, -0.05) is 25.0 Å². The molecule has 128 valence electrons. The molecule has 0 amide bonds. The number of carbonyl (C=O) groups excluding carboxylic acids is 2. The van der Waals surface area contributed by atoms with E-state index in [9.17, 15) is 9.59 Å². The summed E-state index contributed by atoms with van der Waals surface area (Å²) in [6.07, 6.45) is 6.96. The Kier molecular flexibility index (Phi) is 3.95. The summed E-state index contributed by atoms with van der Waals surface area (Å²) in [5.74, 6) is 1.12. The first-order chi connectivity index (χ1) is 11.6. The molecule has 1 saturated carbocycles. The van der Waals surface area contributed by atoms with Crippen molar-refractivity contribution in [3.63, 3.8) is 0 Å². The number of ketones is 2. The van der Waals surface area contributed by atoms with Crippen molar-refractivity contribution >= 4 is 11.6 Å². The van der Waals surface area contributed by atoms with Crippen molar-refractivity contribution < 1.29 is 14.3 Å². The van der Waals surface area contributed by atoms with E-state index in [1.807, 2.05) is 24.3 Å². The van der Waals surface area contributed by atoms with Crippen LogP contribution in [-0.4, -0.2) is 35.7 Å². The van der Waals surface area contributed by atoms with Crippen molar-refractivity contribution in [3.8, 4) is 5.75 Å². The van der Waals surface area contributed by atoms with Gasteiger partial charge in [-0.25, -0.2) is 0 Å². The van der Waals surface area contributed by atoms with Crippen LogP contribution in [0.3, 0.4) is 0 Å². The normalized spacial score (nSPS) is 29.2. The minimum absolute atomic E-state index is 0.131. The van der Waals surface area contributed by atoms with Crippen molar-refractivity contribution in [3.05, 3.63) is 29.8 Å². The second-order valence-electron chi connectivity index (χ2n) is 7.80. The topological polar surface area (TPSA) is 46.6 Å². The summed E-state index contributed by atoms with van der Waals surface area (Å²) in [4.78, 5) is 27.5. The Balaban J connectivity index is 1.59. The van der Waals surface area contributed by atoms with Crippen LogP contribution in [0.2, 0.25) is 0 Å². The molecular formula is C20H25NO3. The highest BCUT2D eigenvalue weighted by molar-refractivity contribution is 6.08. The van der Waals surface area contributed by atoms with E-state index >= 15 is 0 Å². The maximum atomic E-state index is 12.9. The van der Waals surface area contributed by atoms with Gasteiger partial charge in [0.1, 0.15) is 11.8 Å². The molecule has 4 nitrogen and oxygen atoms in total. The highest BCUT2D eigenvalue weighted by Gasteiger charge is 2.52. The Labute approximate surface area is 143 Å². The molecule has 1 aliphatic carbocycles. The third-order valence-corrected chi connectivity index (χ3v) is 6.25. The van der Waals surface area contributed by atoms with Crippen LogP contribution in [0.5, 0.6) is 5.75 Å². The summed E-state index contributed by atoms with van der Waals surface area (Å²) in [6, 6.07) is 7.67. The number of ether oxygens (including phenoxy) is 1. The molecule has 1 spiro atoms. The van der Waals surface area contributed by atoms with Crippen molar-refractivity contribution in [2.75, 3.05) is 7.11 Å². The fraction of sp³-hybridized carbons (Fsp3) is 0.600. The fourth-order valence-electron chi connectivity index (χ4n) is 5.12. The molecule has 2 unspecified atom stereocenters. The van der Waals surface area contributed by atoms with Crippen LogP contribution in [0, 0.1) is 5.41 Å². The molecule has 0 aromatic heterocycles. The summed E-state index contributed by atoms with van der Waals surface area (Å²) in [6.45, 7) is 0.673. The zero-order valence-electron chi connectivity index (χ0n) is 14.3. The third-order valence-electron chi connectivity index (χ3n) is 6.25. The highest BCUT2D eigenvalue weighted by Crippen LogP contribution is 2.50. The van der Waals surface area contributed by atoms with Crippen molar-refractivity contribution in [2.24, 2.45) is 5.41 Å². The summed E-state index contributed by atoms with van der Waals surface area (Å²) in [7, 11) is 1.66.